The van der Waals surface area contributed by atoms with Crippen molar-refractivity contribution in [2.24, 2.45) is 0 Å². The maximum absolute atomic E-state index is 12.5. The van der Waals surface area contributed by atoms with Crippen LogP contribution in [0.15, 0.2) is 36.9 Å². The molecule has 1 atom stereocenters. The van der Waals surface area contributed by atoms with E-state index in [-0.39, 0.29) is 5.78 Å². The molecular weight excluding hydrogens is 316 g/mol. The highest BCUT2D eigenvalue weighted by Gasteiger charge is 2.21. The Kier molecular flexibility index (Phi) is 4.05. The molecule has 1 saturated heterocycles. The molecule has 4 rings (SSSR count). The number of hydrogen-bond acceptors (Lipinski definition) is 5. The van der Waals surface area contributed by atoms with E-state index in [1.807, 2.05) is 6.08 Å². The van der Waals surface area contributed by atoms with Gasteiger partial charge < -0.3 is 4.90 Å². The van der Waals surface area contributed by atoms with Crippen LogP contribution in [-0.4, -0.2) is 43.2 Å². The van der Waals surface area contributed by atoms with Crippen molar-refractivity contribution in [3.8, 4) is 0 Å². The second kappa shape index (κ2) is 6.51. The summed E-state index contributed by atoms with van der Waals surface area (Å²) in [4.78, 5) is 19.1. The molecule has 0 spiro atoms. The number of aromatic amines is 1. The molecule has 7 heteroatoms. The second-order valence-corrected chi connectivity index (χ2v) is 6.36. The van der Waals surface area contributed by atoms with E-state index < -0.39 is 0 Å². The zero-order valence-corrected chi connectivity index (χ0v) is 14.1. The minimum Gasteiger partial charge on any atom is -0.354 e. The molecule has 0 radical (unpaired) electrons. The van der Waals surface area contributed by atoms with Gasteiger partial charge in [0.15, 0.2) is 11.4 Å². The van der Waals surface area contributed by atoms with Crippen molar-refractivity contribution < 1.29 is 4.79 Å². The van der Waals surface area contributed by atoms with Gasteiger partial charge in [-0.3, -0.25) is 9.89 Å². The molecule has 4 heterocycles. The summed E-state index contributed by atoms with van der Waals surface area (Å²) in [5.41, 5.74) is 1.98. The minimum atomic E-state index is -0.118. The third-order valence-electron chi connectivity index (χ3n) is 4.70. The van der Waals surface area contributed by atoms with Gasteiger partial charge in [0.25, 0.3) is 0 Å². The van der Waals surface area contributed by atoms with Gasteiger partial charge in [-0.2, -0.15) is 10.2 Å². The maximum Gasteiger partial charge on any atom is 0.191 e. The smallest absolute Gasteiger partial charge is 0.191 e. The number of hydrogen-bond donors (Lipinski definition) is 1. The van der Waals surface area contributed by atoms with Crippen LogP contribution < -0.4 is 4.90 Å². The Morgan fingerprint density at radius 3 is 3.16 bits per heavy atom. The van der Waals surface area contributed by atoms with E-state index >= 15 is 0 Å². The summed E-state index contributed by atoms with van der Waals surface area (Å²) in [5.74, 6) is 0.863. The molecule has 1 aliphatic rings. The van der Waals surface area contributed by atoms with Crippen molar-refractivity contribution in [3.63, 3.8) is 0 Å². The van der Waals surface area contributed by atoms with Crippen LogP contribution in [0.4, 0.5) is 5.82 Å². The normalized spacial score (nSPS) is 18.3. The maximum atomic E-state index is 12.5. The van der Waals surface area contributed by atoms with E-state index in [2.05, 4.69) is 32.1 Å². The number of H-pyrrole nitrogens is 1. The summed E-state index contributed by atoms with van der Waals surface area (Å²) < 4.78 is 1.60. The van der Waals surface area contributed by atoms with Gasteiger partial charge in [0.1, 0.15) is 5.82 Å². The highest BCUT2D eigenvalue weighted by atomic mass is 16.1. The summed E-state index contributed by atoms with van der Waals surface area (Å²) in [7, 11) is 0. The zero-order valence-electron chi connectivity index (χ0n) is 14.1. The van der Waals surface area contributed by atoms with Crippen molar-refractivity contribution in [1.82, 2.24) is 24.8 Å². The van der Waals surface area contributed by atoms with Crippen molar-refractivity contribution in [2.45, 2.75) is 32.2 Å². The van der Waals surface area contributed by atoms with Gasteiger partial charge in [0.05, 0.1) is 18.0 Å². The van der Waals surface area contributed by atoms with Gasteiger partial charge in [0.2, 0.25) is 0 Å². The van der Waals surface area contributed by atoms with E-state index in [4.69, 9.17) is 0 Å². The number of nitrogens with zero attached hydrogens (tertiary/aromatic N) is 5. The van der Waals surface area contributed by atoms with E-state index in [1.165, 1.54) is 19.3 Å². The molecular formula is C18H20N6O. The number of carbonyl (C=O) groups excluding carboxylic acids is 1. The minimum absolute atomic E-state index is 0.118. The van der Waals surface area contributed by atoms with Crippen LogP contribution >= 0.6 is 0 Å². The van der Waals surface area contributed by atoms with Crippen LogP contribution in [0.1, 0.15) is 42.1 Å². The van der Waals surface area contributed by atoms with Gasteiger partial charge in [-0.25, -0.2) is 9.50 Å². The molecule has 1 N–H and O–H groups in total. The molecule has 0 amide bonds. The summed E-state index contributed by atoms with van der Waals surface area (Å²) in [6, 6.07) is 2.25. The third-order valence-corrected chi connectivity index (χ3v) is 4.70. The quantitative estimate of drug-likeness (QED) is 0.585. The Hall–Kier alpha value is -2.96. The van der Waals surface area contributed by atoms with Gasteiger partial charge in [-0.1, -0.05) is 0 Å². The molecule has 1 fully saturated rings. The van der Waals surface area contributed by atoms with Gasteiger partial charge >= 0.3 is 0 Å². The largest absolute Gasteiger partial charge is 0.354 e. The number of nitrogens with one attached hydrogen (secondary N) is 1. The first-order valence-corrected chi connectivity index (χ1v) is 8.55. The van der Waals surface area contributed by atoms with Crippen molar-refractivity contribution in [2.75, 3.05) is 11.4 Å². The zero-order chi connectivity index (χ0) is 17.2. The molecule has 25 heavy (non-hydrogen) atoms. The Balaban J connectivity index is 1.58. The summed E-state index contributed by atoms with van der Waals surface area (Å²) in [5, 5.41) is 11.4. The number of allylic oxidation sites excluding steroid dienone is 1. The van der Waals surface area contributed by atoms with Gasteiger partial charge in [-0.15, -0.1) is 0 Å². The Bertz CT molecular complexity index is 924. The average molecular weight is 336 g/mol. The van der Waals surface area contributed by atoms with Crippen molar-refractivity contribution in [3.05, 3.63) is 48.1 Å². The number of fused-ring (bicyclic) bond motifs is 1. The van der Waals surface area contributed by atoms with Gasteiger partial charge in [0, 0.05) is 30.5 Å². The standard InChI is InChI=1S/C18H20N6O/c1-13-5-2-3-9-23(13)17-14(11-20-22-17)6-7-16(25)15-12-21-24-10-4-8-19-18(15)24/h4,6-8,10-13H,2-3,5,9H2,1H3,(H,20,22)/b7-6-. The topological polar surface area (TPSA) is 79.2 Å². The van der Waals surface area contributed by atoms with E-state index in [0.29, 0.717) is 17.3 Å². The van der Waals surface area contributed by atoms with Crippen LogP contribution in [-0.2, 0) is 0 Å². The molecule has 0 aromatic carbocycles. The molecule has 3 aromatic heterocycles. The fourth-order valence-electron chi connectivity index (χ4n) is 3.33. The number of carbonyl (C=O) groups is 1. The van der Waals surface area contributed by atoms with Crippen molar-refractivity contribution in [1.29, 1.82) is 0 Å². The first-order valence-electron chi connectivity index (χ1n) is 8.55. The Morgan fingerprint density at radius 2 is 2.28 bits per heavy atom. The summed E-state index contributed by atoms with van der Waals surface area (Å²) >= 11 is 0. The van der Waals surface area contributed by atoms with E-state index in [0.717, 1.165) is 17.9 Å². The van der Waals surface area contributed by atoms with Crippen LogP contribution in [0.5, 0.6) is 0 Å². The lowest BCUT2D eigenvalue weighted by atomic mass is 10.0. The van der Waals surface area contributed by atoms with E-state index in [9.17, 15) is 4.79 Å². The lowest BCUT2D eigenvalue weighted by Gasteiger charge is -2.34. The molecule has 7 nitrogen and oxygen atoms in total. The monoisotopic (exact) mass is 336 g/mol. The number of anilines is 1. The predicted molar refractivity (Wildman–Crippen MR) is 95.6 cm³/mol. The second-order valence-electron chi connectivity index (χ2n) is 6.36. The fourth-order valence-corrected chi connectivity index (χ4v) is 3.33. The third kappa shape index (κ3) is 2.93. The molecule has 0 aliphatic carbocycles. The average Bonchev–Trinajstić information content (AvgIpc) is 3.27. The van der Waals surface area contributed by atoms with Crippen LogP contribution in [0.3, 0.4) is 0 Å². The first kappa shape index (κ1) is 15.6. The molecule has 128 valence electrons. The number of ketones is 1. The molecule has 3 aromatic rings. The van der Waals surface area contributed by atoms with Crippen LogP contribution in [0.25, 0.3) is 11.7 Å². The highest BCUT2D eigenvalue weighted by Crippen LogP contribution is 2.26. The summed E-state index contributed by atoms with van der Waals surface area (Å²) in [6.07, 6.45) is 13.7. The summed E-state index contributed by atoms with van der Waals surface area (Å²) in [6.45, 7) is 3.24. The molecule has 0 bridgehead atoms. The van der Waals surface area contributed by atoms with Crippen LogP contribution in [0.2, 0.25) is 0 Å². The molecule has 0 saturated carbocycles. The highest BCUT2D eigenvalue weighted by molar-refractivity contribution is 6.10. The predicted octanol–water partition coefficient (Wildman–Crippen LogP) is 2.73. The Morgan fingerprint density at radius 1 is 1.36 bits per heavy atom. The lowest BCUT2D eigenvalue weighted by molar-refractivity contribution is 0.104. The Labute approximate surface area is 145 Å². The van der Waals surface area contributed by atoms with Crippen molar-refractivity contribution >= 4 is 23.3 Å². The number of piperidine rings is 1. The van der Waals surface area contributed by atoms with E-state index in [1.54, 1.807) is 41.4 Å². The molecule has 1 aliphatic heterocycles. The van der Waals surface area contributed by atoms with Gasteiger partial charge in [-0.05, 0) is 44.4 Å². The lowest BCUT2D eigenvalue weighted by Crippen LogP contribution is -2.38. The molecule has 1 unspecified atom stereocenters. The fraction of sp³-hybridized carbons (Fsp3) is 0.333. The number of aromatic nitrogens is 5. The first-order chi connectivity index (χ1) is 12.2. The van der Waals surface area contributed by atoms with Crippen LogP contribution in [0, 0.1) is 0 Å². The number of rotatable bonds is 4. The SMILES string of the molecule is CC1CCCCN1c1[nH]ncc1/C=C\C(=O)c1cnn2cccnc12.